The van der Waals surface area contributed by atoms with E-state index in [0.29, 0.717) is 5.56 Å². The summed E-state index contributed by atoms with van der Waals surface area (Å²) in [4.78, 5) is 11.4. The summed E-state index contributed by atoms with van der Waals surface area (Å²) in [6, 6.07) is 9.51. The van der Waals surface area contributed by atoms with E-state index in [1.165, 1.54) is 57.7 Å². The van der Waals surface area contributed by atoms with Crippen molar-refractivity contribution in [1.82, 2.24) is 4.31 Å². The van der Waals surface area contributed by atoms with E-state index in [0.717, 1.165) is 4.31 Å². The molecule has 0 aliphatic carbocycles. The molecule has 0 radical (unpaired) electrons. The summed E-state index contributed by atoms with van der Waals surface area (Å²) in [5.74, 6) is -0.668. The van der Waals surface area contributed by atoms with Crippen molar-refractivity contribution in [3.63, 3.8) is 0 Å². The molecule has 10 heteroatoms. The van der Waals surface area contributed by atoms with Crippen LogP contribution in [-0.4, -0.2) is 46.6 Å². The molecule has 0 aromatic heterocycles. The molecule has 0 saturated heterocycles. The third-order valence-corrected chi connectivity index (χ3v) is 5.65. The number of halogens is 2. The number of nitrogens with zero attached hydrogens (tertiary/aromatic N) is 1. The maximum Gasteiger partial charge on any atom is 0.387 e. The number of rotatable bonds is 8. The third-order valence-electron chi connectivity index (χ3n) is 3.83. The van der Waals surface area contributed by atoms with Crippen LogP contribution in [0.4, 0.5) is 8.78 Å². The Morgan fingerprint density at radius 2 is 1.71 bits per heavy atom. The smallest absolute Gasteiger partial charge is 0.387 e. The Morgan fingerprint density at radius 1 is 1.07 bits per heavy atom. The number of sulfonamides is 1. The summed E-state index contributed by atoms with van der Waals surface area (Å²) in [6.45, 7) is -3.14. The fraction of sp³-hybridized carbons (Fsp3) is 0.278. The molecule has 7 nitrogen and oxygen atoms in total. The number of hydrogen-bond acceptors (Lipinski definition) is 6. The molecule has 0 saturated carbocycles. The van der Waals surface area contributed by atoms with Crippen molar-refractivity contribution in [2.75, 3.05) is 21.3 Å². The van der Waals surface area contributed by atoms with E-state index < -0.39 is 22.6 Å². The second-order valence-electron chi connectivity index (χ2n) is 5.64. The van der Waals surface area contributed by atoms with E-state index >= 15 is 0 Å². The van der Waals surface area contributed by atoms with Crippen LogP contribution in [0.25, 0.3) is 0 Å². The molecule has 152 valence electrons. The minimum absolute atomic E-state index is 0.0276. The zero-order chi connectivity index (χ0) is 20.9. The standard InChI is InChI=1S/C18H19F2NO6S/c1-21(11-12-4-9-15(25-2)16(10-12)27-18(19)20)28(23,24)14-7-5-13(6-8-14)17(22)26-3/h4-10,18H,11H2,1-3H3. The number of alkyl halides is 2. The highest BCUT2D eigenvalue weighted by Crippen LogP contribution is 2.30. The van der Waals surface area contributed by atoms with E-state index in [4.69, 9.17) is 4.74 Å². The van der Waals surface area contributed by atoms with E-state index in [2.05, 4.69) is 9.47 Å². The predicted octanol–water partition coefficient (Wildman–Crippen LogP) is 2.90. The molecule has 0 unspecified atom stereocenters. The summed E-state index contributed by atoms with van der Waals surface area (Å²) >= 11 is 0. The molecular formula is C18H19F2NO6S. The second kappa shape index (κ2) is 8.98. The topological polar surface area (TPSA) is 82.1 Å². The van der Waals surface area contributed by atoms with Crippen LogP contribution in [0, 0.1) is 0 Å². The lowest BCUT2D eigenvalue weighted by Gasteiger charge is -2.18. The van der Waals surface area contributed by atoms with Crippen molar-refractivity contribution in [2.24, 2.45) is 0 Å². The molecule has 0 fully saturated rings. The monoisotopic (exact) mass is 415 g/mol. The van der Waals surface area contributed by atoms with Gasteiger partial charge in [0.05, 0.1) is 24.7 Å². The van der Waals surface area contributed by atoms with Gasteiger partial charge in [-0.15, -0.1) is 0 Å². The largest absolute Gasteiger partial charge is 0.493 e. The SMILES string of the molecule is COC(=O)c1ccc(S(=O)(=O)N(C)Cc2ccc(OC)c(OC(F)F)c2)cc1. The number of ether oxygens (including phenoxy) is 3. The van der Waals surface area contributed by atoms with Gasteiger partial charge in [0, 0.05) is 13.6 Å². The molecule has 0 spiro atoms. The third kappa shape index (κ3) is 4.96. The zero-order valence-corrected chi connectivity index (χ0v) is 16.2. The molecule has 0 aliphatic rings. The Hall–Kier alpha value is -2.72. The van der Waals surface area contributed by atoms with E-state index in [1.807, 2.05) is 0 Å². The van der Waals surface area contributed by atoms with Crippen LogP contribution in [0.3, 0.4) is 0 Å². The molecule has 2 aromatic carbocycles. The second-order valence-corrected chi connectivity index (χ2v) is 7.69. The molecule has 0 heterocycles. The minimum atomic E-state index is -3.88. The van der Waals surface area contributed by atoms with Crippen LogP contribution < -0.4 is 9.47 Å². The van der Waals surface area contributed by atoms with Crippen LogP contribution in [0.5, 0.6) is 11.5 Å². The summed E-state index contributed by atoms with van der Waals surface area (Å²) in [6.07, 6.45) is 0. The summed E-state index contributed by atoms with van der Waals surface area (Å²) in [5.41, 5.74) is 0.641. The Bertz CT molecular complexity index is 932. The van der Waals surface area contributed by atoms with Gasteiger partial charge in [-0.2, -0.15) is 13.1 Å². The highest BCUT2D eigenvalue weighted by molar-refractivity contribution is 7.89. The van der Waals surface area contributed by atoms with Crippen molar-refractivity contribution < 1.29 is 36.2 Å². The molecular weight excluding hydrogens is 396 g/mol. The molecule has 0 N–H and O–H groups in total. The molecule has 28 heavy (non-hydrogen) atoms. The molecule has 0 amide bonds. The van der Waals surface area contributed by atoms with Gasteiger partial charge in [-0.3, -0.25) is 0 Å². The highest BCUT2D eigenvalue weighted by atomic mass is 32.2. The lowest BCUT2D eigenvalue weighted by molar-refractivity contribution is -0.0512. The van der Waals surface area contributed by atoms with E-state index in [1.54, 1.807) is 6.07 Å². The van der Waals surface area contributed by atoms with Crippen LogP contribution in [0.1, 0.15) is 15.9 Å². The molecule has 0 aliphatic heterocycles. The fourth-order valence-corrected chi connectivity index (χ4v) is 3.57. The van der Waals surface area contributed by atoms with Crippen molar-refractivity contribution in [3.8, 4) is 11.5 Å². The van der Waals surface area contributed by atoms with Gasteiger partial charge in [0.25, 0.3) is 0 Å². The molecule has 0 bridgehead atoms. The Kier molecular flexibility index (Phi) is 6.92. The molecule has 0 atom stereocenters. The maximum absolute atomic E-state index is 12.7. The fourth-order valence-electron chi connectivity index (χ4n) is 2.41. The quantitative estimate of drug-likeness (QED) is 0.617. The normalized spacial score (nSPS) is 11.5. The van der Waals surface area contributed by atoms with Crippen molar-refractivity contribution in [3.05, 3.63) is 53.6 Å². The van der Waals surface area contributed by atoms with Gasteiger partial charge in [-0.1, -0.05) is 6.07 Å². The zero-order valence-electron chi connectivity index (χ0n) is 15.4. The van der Waals surface area contributed by atoms with Gasteiger partial charge < -0.3 is 14.2 Å². The number of hydrogen-bond donors (Lipinski definition) is 0. The van der Waals surface area contributed by atoms with Crippen LogP contribution in [0.15, 0.2) is 47.4 Å². The minimum Gasteiger partial charge on any atom is -0.493 e. The van der Waals surface area contributed by atoms with Crippen molar-refractivity contribution >= 4 is 16.0 Å². The first-order valence-corrected chi connectivity index (χ1v) is 9.39. The van der Waals surface area contributed by atoms with Crippen molar-refractivity contribution in [1.29, 1.82) is 0 Å². The summed E-state index contributed by atoms with van der Waals surface area (Å²) in [7, 11) is 0.00297. The van der Waals surface area contributed by atoms with Crippen molar-refractivity contribution in [2.45, 2.75) is 18.1 Å². The van der Waals surface area contributed by atoms with E-state index in [-0.39, 0.29) is 28.5 Å². The predicted molar refractivity (Wildman–Crippen MR) is 96.1 cm³/mol. The van der Waals surface area contributed by atoms with Gasteiger partial charge in [-0.25, -0.2) is 13.2 Å². The molecule has 2 aromatic rings. The lowest BCUT2D eigenvalue weighted by atomic mass is 10.2. The van der Waals surface area contributed by atoms with Crippen LogP contribution >= 0.6 is 0 Å². The van der Waals surface area contributed by atoms with Gasteiger partial charge in [0.1, 0.15) is 0 Å². The maximum atomic E-state index is 12.7. The van der Waals surface area contributed by atoms with Gasteiger partial charge in [0.15, 0.2) is 11.5 Å². The number of carbonyl (C=O) groups excluding carboxylic acids is 1. The highest BCUT2D eigenvalue weighted by Gasteiger charge is 2.22. The Morgan fingerprint density at radius 3 is 2.25 bits per heavy atom. The summed E-state index contributed by atoms with van der Waals surface area (Å²) < 4.78 is 65.5. The number of esters is 1. The first-order chi connectivity index (χ1) is 13.2. The average Bonchev–Trinajstić information content (AvgIpc) is 2.67. The van der Waals surface area contributed by atoms with Gasteiger partial charge in [-0.05, 0) is 42.0 Å². The summed E-state index contributed by atoms with van der Waals surface area (Å²) in [5, 5.41) is 0. The molecule has 2 rings (SSSR count). The lowest BCUT2D eigenvalue weighted by Crippen LogP contribution is -2.26. The van der Waals surface area contributed by atoms with Crippen LogP contribution in [0.2, 0.25) is 0 Å². The first-order valence-electron chi connectivity index (χ1n) is 7.95. The number of carbonyl (C=O) groups is 1. The van der Waals surface area contributed by atoms with Gasteiger partial charge >= 0.3 is 12.6 Å². The number of methoxy groups -OCH3 is 2. The Labute approximate surface area is 161 Å². The van der Waals surface area contributed by atoms with E-state index in [9.17, 15) is 22.0 Å². The first kappa shape index (κ1) is 21.6. The van der Waals surface area contributed by atoms with Gasteiger partial charge in [0.2, 0.25) is 10.0 Å². The van der Waals surface area contributed by atoms with Crippen LogP contribution in [-0.2, 0) is 21.3 Å². The number of benzene rings is 2. The Balaban J connectivity index is 2.23. The average molecular weight is 415 g/mol.